The number of aromatic nitrogens is 6. The fourth-order valence-electron chi connectivity index (χ4n) is 5.19. The van der Waals surface area contributed by atoms with Gasteiger partial charge in [-0.25, -0.2) is 0 Å². The molecule has 1 fully saturated rings. The fourth-order valence-corrected chi connectivity index (χ4v) is 5.72. The summed E-state index contributed by atoms with van der Waals surface area (Å²) in [6.45, 7) is 1.82. The lowest BCUT2D eigenvalue weighted by atomic mass is 9.92. The monoisotopic (exact) mass is 600 g/mol. The highest BCUT2D eigenvalue weighted by Crippen LogP contribution is 2.34. The lowest BCUT2D eigenvalue weighted by Crippen LogP contribution is -2.38. The number of hydrogen-bond donors (Lipinski definition) is 2. The predicted molar refractivity (Wildman–Crippen MR) is 160 cm³/mol. The number of piperidine rings is 1. The van der Waals surface area contributed by atoms with Crippen molar-refractivity contribution in [2.75, 3.05) is 18.4 Å². The highest BCUT2D eigenvalue weighted by molar-refractivity contribution is 6.35. The van der Waals surface area contributed by atoms with Gasteiger partial charge in [-0.3, -0.25) is 19.6 Å². The van der Waals surface area contributed by atoms with Gasteiger partial charge in [-0.05, 0) is 72.1 Å². The number of amides is 2. The molecule has 12 heteroatoms. The standard InChI is InChI=1S/C30H26Cl2N8O2/c31-24-14-23(15-25(32)16-24)26-17-27(20-10-12-39(13-11-20)29(42)22-4-2-1-3-5-22)40(36-26)18-19-6-8-21(9-7-19)28(41)33-30-34-37-38-35-30/h1-9,14-17,20H,10-13,18H2,(H2,33,34,35,37,38,41). The largest absolute Gasteiger partial charge is 0.339 e. The molecule has 0 radical (unpaired) electrons. The van der Waals surface area contributed by atoms with Crippen molar-refractivity contribution in [2.24, 2.45) is 0 Å². The zero-order chi connectivity index (χ0) is 29.1. The van der Waals surface area contributed by atoms with Gasteiger partial charge in [0.05, 0.1) is 12.2 Å². The number of H-pyrrole nitrogens is 1. The molecular weight excluding hydrogens is 575 g/mol. The maximum absolute atomic E-state index is 13.0. The Kier molecular flexibility index (Phi) is 7.98. The highest BCUT2D eigenvalue weighted by Gasteiger charge is 2.27. The third-order valence-corrected chi connectivity index (χ3v) is 7.75. The molecule has 6 rings (SSSR count). The Hall–Kier alpha value is -4.54. The van der Waals surface area contributed by atoms with Crippen molar-refractivity contribution in [3.8, 4) is 11.3 Å². The summed E-state index contributed by atoms with van der Waals surface area (Å²) in [5, 5.41) is 21.9. The molecule has 5 aromatic rings. The van der Waals surface area contributed by atoms with E-state index in [-0.39, 0.29) is 23.7 Å². The van der Waals surface area contributed by atoms with Crippen LogP contribution in [0, 0.1) is 0 Å². The van der Waals surface area contributed by atoms with Crippen LogP contribution >= 0.6 is 23.2 Å². The minimum atomic E-state index is -0.334. The van der Waals surface area contributed by atoms with E-state index in [1.54, 1.807) is 18.2 Å². The molecule has 2 N–H and O–H groups in total. The van der Waals surface area contributed by atoms with Crippen molar-refractivity contribution in [2.45, 2.75) is 25.3 Å². The van der Waals surface area contributed by atoms with Crippen LogP contribution in [0.5, 0.6) is 0 Å². The van der Waals surface area contributed by atoms with Gasteiger partial charge in [0.1, 0.15) is 0 Å². The number of aromatic amines is 1. The summed E-state index contributed by atoms with van der Waals surface area (Å²) in [6.07, 6.45) is 1.63. The summed E-state index contributed by atoms with van der Waals surface area (Å²) >= 11 is 12.6. The number of likely N-dealkylation sites (tertiary alicyclic amines) is 1. The van der Waals surface area contributed by atoms with Gasteiger partial charge >= 0.3 is 0 Å². The van der Waals surface area contributed by atoms with Crippen LogP contribution < -0.4 is 5.32 Å². The summed E-state index contributed by atoms with van der Waals surface area (Å²) < 4.78 is 2.00. The number of carbonyl (C=O) groups is 2. The van der Waals surface area contributed by atoms with Crippen molar-refractivity contribution < 1.29 is 9.59 Å². The SMILES string of the molecule is O=C(Nc1nn[nH]n1)c1ccc(Cn2nc(-c3cc(Cl)cc(Cl)c3)cc2C2CCN(C(=O)c3ccccc3)CC2)cc1. The van der Waals surface area contributed by atoms with Crippen LogP contribution in [0.4, 0.5) is 5.95 Å². The Labute approximate surface area is 251 Å². The molecule has 0 bridgehead atoms. The van der Waals surface area contributed by atoms with E-state index in [1.807, 2.05) is 64.2 Å². The van der Waals surface area contributed by atoms with Crippen LogP contribution in [-0.2, 0) is 6.54 Å². The summed E-state index contributed by atoms with van der Waals surface area (Å²) in [5.41, 5.74) is 4.82. The fraction of sp³-hybridized carbons (Fsp3) is 0.200. The molecule has 2 amide bonds. The van der Waals surface area contributed by atoms with Crippen LogP contribution in [0.3, 0.4) is 0 Å². The number of rotatable bonds is 7. The molecule has 1 aliphatic rings. The molecule has 0 aliphatic carbocycles. The van der Waals surface area contributed by atoms with E-state index in [2.05, 4.69) is 32.0 Å². The molecule has 0 spiro atoms. The van der Waals surface area contributed by atoms with Gasteiger partial charge < -0.3 is 4.90 Å². The van der Waals surface area contributed by atoms with Gasteiger partial charge in [0.2, 0.25) is 0 Å². The van der Waals surface area contributed by atoms with Gasteiger partial charge in [0, 0.05) is 51.4 Å². The van der Waals surface area contributed by atoms with Crippen LogP contribution in [0.15, 0.2) is 78.9 Å². The first kappa shape index (κ1) is 27.6. The first-order chi connectivity index (χ1) is 20.4. The molecule has 1 saturated heterocycles. The number of anilines is 1. The van der Waals surface area contributed by atoms with Crippen LogP contribution in [0.25, 0.3) is 11.3 Å². The molecule has 2 aromatic heterocycles. The Morgan fingerprint density at radius 2 is 1.62 bits per heavy atom. The average Bonchev–Trinajstić information content (AvgIpc) is 3.67. The molecule has 3 heterocycles. The first-order valence-electron chi connectivity index (χ1n) is 13.5. The number of halogens is 2. The topological polar surface area (TPSA) is 122 Å². The van der Waals surface area contributed by atoms with E-state index in [9.17, 15) is 9.59 Å². The van der Waals surface area contributed by atoms with Crippen LogP contribution in [0.1, 0.15) is 50.7 Å². The van der Waals surface area contributed by atoms with Crippen molar-refractivity contribution in [1.82, 2.24) is 35.3 Å². The van der Waals surface area contributed by atoms with E-state index in [1.165, 1.54) is 0 Å². The number of hydrogen-bond acceptors (Lipinski definition) is 6. The number of benzene rings is 3. The van der Waals surface area contributed by atoms with Crippen molar-refractivity contribution in [1.29, 1.82) is 0 Å². The maximum atomic E-state index is 13.0. The first-order valence-corrected chi connectivity index (χ1v) is 14.2. The molecule has 0 unspecified atom stereocenters. The van der Waals surface area contributed by atoms with E-state index in [0.29, 0.717) is 40.8 Å². The summed E-state index contributed by atoms with van der Waals surface area (Å²) in [4.78, 5) is 27.5. The number of tetrazole rings is 1. The molecule has 3 aromatic carbocycles. The van der Waals surface area contributed by atoms with E-state index in [4.69, 9.17) is 28.3 Å². The lowest BCUT2D eigenvalue weighted by molar-refractivity contribution is 0.0711. The van der Waals surface area contributed by atoms with Crippen molar-refractivity contribution in [3.05, 3.63) is 111 Å². The van der Waals surface area contributed by atoms with Crippen molar-refractivity contribution >= 4 is 41.0 Å². The maximum Gasteiger partial charge on any atom is 0.270 e. The molecule has 1 aliphatic heterocycles. The lowest BCUT2D eigenvalue weighted by Gasteiger charge is -2.32. The van der Waals surface area contributed by atoms with Gasteiger partial charge in [-0.15, -0.1) is 5.10 Å². The van der Waals surface area contributed by atoms with E-state index in [0.717, 1.165) is 35.4 Å². The number of carbonyl (C=O) groups excluding carboxylic acids is 2. The molecule has 10 nitrogen and oxygen atoms in total. The second-order valence-corrected chi connectivity index (χ2v) is 11.0. The molecular formula is C30H26Cl2N8O2. The summed E-state index contributed by atoms with van der Waals surface area (Å²) in [5.74, 6) is 0.0381. The highest BCUT2D eigenvalue weighted by atomic mass is 35.5. The van der Waals surface area contributed by atoms with Gasteiger partial charge in [-0.1, -0.05) is 58.6 Å². The third-order valence-electron chi connectivity index (χ3n) is 7.31. The normalized spacial score (nSPS) is 13.7. The quantitative estimate of drug-likeness (QED) is 0.247. The van der Waals surface area contributed by atoms with Crippen molar-refractivity contribution in [3.63, 3.8) is 0 Å². The minimum absolute atomic E-state index is 0.0558. The Balaban J connectivity index is 1.23. The predicted octanol–water partition coefficient (Wildman–Crippen LogP) is 5.69. The smallest absolute Gasteiger partial charge is 0.270 e. The molecule has 0 atom stereocenters. The van der Waals surface area contributed by atoms with Gasteiger partial charge in [0.15, 0.2) is 0 Å². The third kappa shape index (κ3) is 6.19. The van der Waals surface area contributed by atoms with E-state index >= 15 is 0 Å². The number of nitrogens with zero attached hydrogens (tertiary/aromatic N) is 6. The Bertz CT molecular complexity index is 1680. The Morgan fingerprint density at radius 3 is 2.29 bits per heavy atom. The van der Waals surface area contributed by atoms with Gasteiger partial charge in [0.25, 0.3) is 17.8 Å². The number of nitrogens with one attached hydrogen (secondary N) is 2. The van der Waals surface area contributed by atoms with Gasteiger partial charge in [-0.2, -0.15) is 10.3 Å². The summed E-state index contributed by atoms with van der Waals surface area (Å²) in [7, 11) is 0. The van der Waals surface area contributed by atoms with Crippen LogP contribution in [0.2, 0.25) is 10.0 Å². The Morgan fingerprint density at radius 1 is 0.905 bits per heavy atom. The second kappa shape index (κ2) is 12.1. The second-order valence-electron chi connectivity index (χ2n) is 10.1. The van der Waals surface area contributed by atoms with Crippen LogP contribution in [-0.4, -0.2) is 60.2 Å². The zero-order valence-electron chi connectivity index (χ0n) is 22.4. The zero-order valence-corrected chi connectivity index (χ0v) is 23.9. The molecule has 212 valence electrons. The minimum Gasteiger partial charge on any atom is -0.339 e. The molecule has 0 saturated carbocycles. The average molecular weight is 601 g/mol. The van der Waals surface area contributed by atoms with E-state index < -0.39 is 0 Å². The summed E-state index contributed by atoms with van der Waals surface area (Å²) in [6, 6.07) is 24.2. The molecule has 42 heavy (non-hydrogen) atoms.